The van der Waals surface area contributed by atoms with Gasteiger partial charge in [-0.05, 0) is 53.6 Å². The number of ether oxygens (including phenoxy) is 1. The van der Waals surface area contributed by atoms with E-state index in [1.54, 1.807) is 53.5 Å². The van der Waals surface area contributed by atoms with Crippen LogP contribution in [0.4, 0.5) is 5.69 Å². The number of allylic oxidation sites excluding steroid dienone is 1. The van der Waals surface area contributed by atoms with Crippen LogP contribution in [0.2, 0.25) is 0 Å². The predicted molar refractivity (Wildman–Crippen MR) is 131 cm³/mol. The Hall–Kier alpha value is -4.92. The van der Waals surface area contributed by atoms with Gasteiger partial charge in [-0.15, -0.1) is 0 Å². The van der Waals surface area contributed by atoms with E-state index in [9.17, 15) is 15.3 Å². The lowest BCUT2D eigenvalue weighted by molar-refractivity contribution is 0.0696. The number of anilines is 1. The fourth-order valence-electron chi connectivity index (χ4n) is 3.67. The third kappa shape index (κ3) is 5.19. The molecule has 3 aromatic carbocycles. The van der Waals surface area contributed by atoms with Crippen molar-refractivity contribution < 1.29 is 14.6 Å². The normalized spacial score (nSPS) is 17.3. The lowest BCUT2D eigenvalue weighted by Gasteiger charge is -2.21. The minimum absolute atomic E-state index is 0.201. The van der Waals surface area contributed by atoms with Gasteiger partial charge in [0.15, 0.2) is 0 Å². The third-order valence-corrected chi connectivity index (χ3v) is 5.46. The Morgan fingerprint density at radius 1 is 1.09 bits per heavy atom. The minimum Gasteiger partial charge on any atom is -0.489 e. The first kappa shape index (κ1) is 23.2. The predicted octanol–water partition coefficient (Wildman–Crippen LogP) is 4.17. The highest BCUT2D eigenvalue weighted by atomic mass is 16.5. The summed E-state index contributed by atoms with van der Waals surface area (Å²) in [6.07, 6.45) is 0.953. The molecule has 4 rings (SSSR count). The molecule has 8 nitrogen and oxygen atoms in total. The Morgan fingerprint density at radius 3 is 2.49 bits per heavy atom. The summed E-state index contributed by atoms with van der Waals surface area (Å²) in [7, 11) is 0. The smallest absolute Gasteiger partial charge is 0.335 e. The fraction of sp³-hybridized carbons (Fsp3) is 0.111. The van der Waals surface area contributed by atoms with Crippen molar-refractivity contribution in [3.63, 3.8) is 0 Å². The number of nitrogens with zero attached hydrogens (tertiary/aromatic N) is 4. The molecule has 1 aliphatic heterocycles. The zero-order valence-corrected chi connectivity index (χ0v) is 18.6. The monoisotopic (exact) mass is 463 g/mol. The largest absolute Gasteiger partial charge is 0.489 e. The Balaban J connectivity index is 1.51. The number of hydrogen-bond acceptors (Lipinski definition) is 7. The first-order chi connectivity index (χ1) is 17.0. The Kier molecular flexibility index (Phi) is 6.87. The first-order valence-corrected chi connectivity index (χ1v) is 10.8. The van der Waals surface area contributed by atoms with Crippen molar-refractivity contribution in [3.05, 3.63) is 101 Å². The number of carboxylic acid groups (broad SMARTS) is 1. The Morgan fingerprint density at radius 2 is 1.83 bits per heavy atom. The minimum atomic E-state index is -0.991. The van der Waals surface area contributed by atoms with E-state index in [1.807, 2.05) is 30.3 Å². The maximum absolute atomic E-state index is 11.1. The molecule has 0 bridgehead atoms. The van der Waals surface area contributed by atoms with Crippen molar-refractivity contribution in [2.24, 2.45) is 16.8 Å². The highest BCUT2D eigenvalue weighted by Crippen LogP contribution is 2.29. The highest BCUT2D eigenvalue weighted by molar-refractivity contribution is 6.11. The SMILES string of the molecule is N#C/C(=C/c1ccc(OCc2cccc(C(=O)O)c2)cc1)C1=NN(c2ccccc2)[C@H](N)[C@H]1C#N. The number of rotatable bonds is 7. The van der Waals surface area contributed by atoms with Gasteiger partial charge >= 0.3 is 5.97 Å². The van der Waals surface area contributed by atoms with Gasteiger partial charge in [-0.1, -0.05) is 42.5 Å². The average Bonchev–Trinajstić information content (AvgIpc) is 3.23. The van der Waals surface area contributed by atoms with E-state index < -0.39 is 18.1 Å². The number of nitriles is 2. The summed E-state index contributed by atoms with van der Waals surface area (Å²) in [4.78, 5) is 11.1. The quantitative estimate of drug-likeness (QED) is 0.502. The zero-order valence-electron chi connectivity index (χ0n) is 18.6. The Bertz CT molecular complexity index is 1370. The number of carboxylic acids is 1. The number of carbonyl (C=O) groups is 1. The molecule has 172 valence electrons. The van der Waals surface area contributed by atoms with Gasteiger partial charge in [0, 0.05) is 0 Å². The molecular weight excluding hydrogens is 442 g/mol. The number of nitrogens with two attached hydrogens (primary N) is 1. The summed E-state index contributed by atoms with van der Waals surface area (Å²) < 4.78 is 5.76. The summed E-state index contributed by atoms with van der Waals surface area (Å²) in [5.74, 6) is -1.16. The van der Waals surface area contributed by atoms with Crippen LogP contribution in [0.1, 0.15) is 21.5 Å². The Labute approximate surface area is 202 Å². The summed E-state index contributed by atoms with van der Waals surface area (Å²) in [5, 5.41) is 34.7. The van der Waals surface area contributed by atoms with Crippen LogP contribution in [0.15, 0.2) is 89.5 Å². The van der Waals surface area contributed by atoms with E-state index in [-0.39, 0.29) is 17.7 Å². The lowest BCUT2D eigenvalue weighted by Crippen LogP contribution is -2.40. The standard InChI is InChI=1S/C27H21N5O3/c28-15-21(25-24(16-29)26(30)32(31-25)22-7-2-1-3-8-22)13-18-9-11-23(12-10-18)35-17-19-5-4-6-20(14-19)27(33)34/h1-14,24,26H,17,30H2,(H,33,34)/b21-13-/t24-,26-/m0/s1. The summed E-state index contributed by atoms with van der Waals surface area (Å²) in [5.41, 5.74) is 9.26. The van der Waals surface area contributed by atoms with Gasteiger partial charge in [0.25, 0.3) is 0 Å². The summed E-state index contributed by atoms with van der Waals surface area (Å²) in [6, 6.07) is 27.2. The molecule has 0 spiro atoms. The van der Waals surface area contributed by atoms with Crippen LogP contribution in [0, 0.1) is 28.6 Å². The molecule has 0 radical (unpaired) electrons. The molecule has 0 amide bonds. The molecule has 2 atom stereocenters. The zero-order chi connectivity index (χ0) is 24.8. The number of hydrogen-bond donors (Lipinski definition) is 2. The maximum atomic E-state index is 11.1. The molecule has 35 heavy (non-hydrogen) atoms. The van der Waals surface area contributed by atoms with Crippen molar-refractivity contribution in [1.29, 1.82) is 10.5 Å². The fourth-order valence-corrected chi connectivity index (χ4v) is 3.67. The van der Waals surface area contributed by atoms with E-state index in [0.717, 1.165) is 16.8 Å². The van der Waals surface area contributed by atoms with E-state index in [2.05, 4.69) is 17.2 Å². The molecule has 0 unspecified atom stereocenters. The molecule has 0 aliphatic carbocycles. The second-order valence-electron chi connectivity index (χ2n) is 7.80. The number of benzene rings is 3. The van der Waals surface area contributed by atoms with Crippen LogP contribution in [0.25, 0.3) is 6.08 Å². The van der Waals surface area contributed by atoms with Crippen LogP contribution in [0.5, 0.6) is 5.75 Å². The van der Waals surface area contributed by atoms with Gasteiger partial charge in [0.1, 0.15) is 30.5 Å². The molecule has 0 saturated heterocycles. The van der Waals surface area contributed by atoms with Crippen molar-refractivity contribution in [1.82, 2.24) is 0 Å². The van der Waals surface area contributed by atoms with Crippen LogP contribution in [0.3, 0.4) is 0 Å². The van der Waals surface area contributed by atoms with Crippen LogP contribution >= 0.6 is 0 Å². The topological polar surface area (TPSA) is 136 Å². The van der Waals surface area contributed by atoms with E-state index in [1.165, 1.54) is 6.07 Å². The molecule has 0 saturated carbocycles. The number of hydrazone groups is 1. The molecule has 8 heteroatoms. The van der Waals surface area contributed by atoms with Gasteiger partial charge in [-0.3, -0.25) is 0 Å². The number of para-hydroxylation sites is 1. The number of aromatic carboxylic acids is 1. The van der Waals surface area contributed by atoms with Crippen molar-refractivity contribution in [2.45, 2.75) is 12.8 Å². The molecule has 3 N–H and O–H groups in total. The van der Waals surface area contributed by atoms with Gasteiger partial charge in [-0.25, -0.2) is 9.80 Å². The van der Waals surface area contributed by atoms with Gasteiger partial charge < -0.3 is 15.6 Å². The second kappa shape index (κ2) is 10.3. The maximum Gasteiger partial charge on any atom is 0.335 e. The van der Waals surface area contributed by atoms with E-state index >= 15 is 0 Å². The molecule has 0 aromatic heterocycles. The lowest BCUT2D eigenvalue weighted by atomic mass is 9.95. The summed E-state index contributed by atoms with van der Waals surface area (Å²) in [6.45, 7) is 0.216. The van der Waals surface area contributed by atoms with E-state index in [0.29, 0.717) is 11.5 Å². The summed E-state index contributed by atoms with van der Waals surface area (Å²) >= 11 is 0. The van der Waals surface area contributed by atoms with Gasteiger partial charge in [-0.2, -0.15) is 15.6 Å². The van der Waals surface area contributed by atoms with Crippen molar-refractivity contribution >= 4 is 23.4 Å². The third-order valence-electron chi connectivity index (χ3n) is 5.46. The molecule has 1 aliphatic rings. The van der Waals surface area contributed by atoms with Crippen molar-refractivity contribution in [3.8, 4) is 17.9 Å². The highest BCUT2D eigenvalue weighted by Gasteiger charge is 2.37. The van der Waals surface area contributed by atoms with E-state index in [4.69, 9.17) is 15.6 Å². The second-order valence-corrected chi connectivity index (χ2v) is 7.80. The first-order valence-electron chi connectivity index (χ1n) is 10.8. The molecule has 3 aromatic rings. The van der Waals surface area contributed by atoms with Crippen molar-refractivity contribution in [2.75, 3.05) is 5.01 Å². The molecule has 1 heterocycles. The van der Waals surface area contributed by atoms with Gasteiger partial charge in [0.2, 0.25) is 0 Å². The molecular formula is C27H21N5O3. The van der Waals surface area contributed by atoms with Gasteiger partial charge in [0.05, 0.1) is 28.6 Å². The molecule has 0 fully saturated rings. The van der Waals surface area contributed by atoms with Crippen LogP contribution in [-0.4, -0.2) is 23.0 Å². The average molecular weight is 463 g/mol. The van der Waals surface area contributed by atoms with Crippen LogP contribution < -0.4 is 15.5 Å². The van der Waals surface area contributed by atoms with Crippen LogP contribution in [-0.2, 0) is 6.61 Å².